The Balaban J connectivity index is 2.91. The lowest BCUT2D eigenvalue weighted by molar-refractivity contribution is 0.100. The predicted octanol–water partition coefficient (Wildman–Crippen LogP) is 4.44. The van der Waals surface area contributed by atoms with E-state index < -0.39 is 13.4 Å². The summed E-state index contributed by atoms with van der Waals surface area (Å²) < 4.78 is 22.4. The Morgan fingerprint density at radius 3 is 2.26 bits per heavy atom. The van der Waals surface area contributed by atoms with Crippen LogP contribution >= 0.6 is 30.8 Å². The molecule has 0 unspecified atom stereocenters. The van der Waals surface area contributed by atoms with Crippen LogP contribution in [0.15, 0.2) is 18.2 Å². The molecular weight excluding hydrogens is 310 g/mol. The molecule has 19 heavy (non-hydrogen) atoms. The zero-order valence-corrected chi connectivity index (χ0v) is 13.1. The Labute approximate surface area is 122 Å². The molecule has 1 rings (SSSR count). The Kier molecular flexibility index (Phi) is 6.51. The number of benzene rings is 1. The molecular formula is C12H15Cl2O4P. The Bertz CT molecular complexity index is 495. The quantitative estimate of drug-likeness (QED) is 0.549. The first-order valence-corrected chi connectivity index (χ1v) is 8.26. The second-order valence-electron chi connectivity index (χ2n) is 3.65. The van der Waals surface area contributed by atoms with Crippen LogP contribution in [0.25, 0.3) is 0 Å². The third kappa shape index (κ3) is 4.90. The standard InChI is InChI=1S/C12H15Cl2O4P/c1-3-17-19(16,18-4-2)8-12(15)10-6-5-9(13)7-11(10)14/h5-7H,3-4,8H2,1-2H3. The molecule has 0 saturated heterocycles. The van der Waals surface area contributed by atoms with Gasteiger partial charge in [-0.2, -0.15) is 0 Å². The Morgan fingerprint density at radius 1 is 1.21 bits per heavy atom. The minimum atomic E-state index is -3.41. The van der Waals surface area contributed by atoms with E-state index in [0.29, 0.717) is 5.02 Å². The third-order valence-electron chi connectivity index (χ3n) is 2.22. The first-order valence-electron chi connectivity index (χ1n) is 5.78. The molecule has 0 saturated carbocycles. The SMILES string of the molecule is CCOP(=O)(CC(=O)c1ccc(Cl)cc1Cl)OCC. The number of hydrogen-bond acceptors (Lipinski definition) is 4. The fourth-order valence-electron chi connectivity index (χ4n) is 1.50. The van der Waals surface area contributed by atoms with Gasteiger partial charge in [0.1, 0.15) is 6.16 Å². The van der Waals surface area contributed by atoms with E-state index in [4.69, 9.17) is 32.2 Å². The van der Waals surface area contributed by atoms with Crippen LogP contribution in [0, 0.1) is 0 Å². The summed E-state index contributed by atoms with van der Waals surface area (Å²) in [5.74, 6) is -0.396. The molecule has 0 atom stereocenters. The second-order valence-corrected chi connectivity index (χ2v) is 6.55. The third-order valence-corrected chi connectivity index (χ3v) is 4.75. The van der Waals surface area contributed by atoms with Crippen molar-refractivity contribution in [3.63, 3.8) is 0 Å². The summed E-state index contributed by atoms with van der Waals surface area (Å²) in [4.78, 5) is 12.1. The lowest BCUT2D eigenvalue weighted by atomic mass is 10.1. The van der Waals surface area contributed by atoms with Crippen LogP contribution in [0.5, 0.6) is 0 Å². The first kappa shape index (κ1) is 16.7. The normalized spacial score (nSPS) is 11.6. The van der Waals surface area contributed by atoms with Crippen molar-refractivity contribution in [2.24, 2.45) is 0 Å². The molecule has 0 aliphatic rings. The van der Waals surface area contributed by atoms with Crippen molar-refractivity contribution >= 4 is 36.6 Å². The number of rotatable bonds is 7. The van der Waals surface area contributed by atoms with E-state index in [1.807, 2.05) is 0 Å². The van der Waals surface area contributed by atoms with E-state index in [-0.39, 0.29) is 30.0 Å². The van der Waals surface area contributed by atoms with Gasteiger partial charge in [0.2, 0.25) is 0 Å². The summed E-state index contributed by atoms with van der Waals surface area (Å²) in [5, 5.41) is 0.649. The molecule has 0 fully saturated rings. The number of ketones is 1. The van der Waals surface area contributed by atoms with Crippen molar-refractivity contribution in [2.45, 2.75) is 13.8 Å². The molecule has 0 aliphatic heterocycles. The molecule has 4 nitrogen and oxygen atoms in total. The first-order chi connectivity index (χ1) is 8.91. The topological polar surface area (TPSA) is 52.6 Å². The summed E-state index contributed by atoms with van der Waals surface area (Å²) in [6, 6.07) is 4.50. The van der Waals surface area contributed by atoms with Gasteiger partial charge in [-0.15, -0.1) is 0 Å². The monoisotopic (exact) mass is 324 g/mol. The van der Waals surface area contributed by atoms with Crippen molar-refractivity contribution in [3.05, 3.63) is 33.8 Å². The van der Waals surface area contributed by atoms with Crippen LogP contribution in [0.2, 0.25) is 10.0 Å². The molecule has 0 N–H and O–H groups in total. The zero-order valence-electron chi connectivity index (χ0n) is 10.7. The smallest absolute Gasteiger partial charge is 0.309 e. The average Bonchev–Trinajstić information content (AvgIpc) is 2.28. The Hall–Kier alpha value is -0.380. The van der Waals surface area contributed by atoms with Crippen molar-refractivity contribution < 1.29 is 18.4 Å². The molecule has 7 heteroatoms. The number of carbonyl (C=O) groups is 1. The summed E-state index contributed by atoms with van der Waals surface area (Å²) in [5.41, 5.74) is 0.255. The lowest BCUT2D eigenvalue weighted by Gasteiger charge is -2.16. The van der Waals surface area contributed by atoms with Crippen LogP contribution in [-0.4, -0.2) is 25.2 Å². The molecule has 0 spiro atoms. The number of halogens is 2. The highest BCUT2D eigenvalue weighted by molar-refractivity contribution is 7.55. The number of hydrogen-bond donors (Lipinski definition) is 0. The van der Waals surface area contributed by atoms with Gasteiger partial charge in [-0.3, -0.25) is 9.36 Å². The molecule has 0 bridgehead atoms. The van der Waals surface area contributed by atoms with Gasteiger partial charge in [-0.1, -0.05) is 23.2 Å². The number of carbonyl (C=O) groups excluding carboxylic acids is 1. The Morgan fingerprint density at radius 2 is 1.79 bits per heavy atom. The van der Waals surface area contributed by atoms with Gasteiger partial charge in [0.05, 0.1) is 18.2 Å². The van der Waals surface area contributed by atoms with Gasteiger partial charge in [0.15, 0.2) is 5.78 Å². The molecule has 0 aromatic heterocycles. The fourth-order valence-corrected chi connectivity index (χ4v) is 3.58. The number of Topliss-reactive ketones (excluding diaryl/α,β-unsaturated/α-hetero) is 1. The molecule has 0 radical (unpaired) electrons. The maximum Gasteiger partial charge on any atom is 0.338 e. The van der Waals surface area contributed by atoms with E-state index >= 15 is 0 Å². The fraction of sp³-hybridized carbons (Fsp3) is 0.417. The molecule has 0 amide bonds. The van der Waals surface area contributed by atoms with E-state index in [9.17, 15) is 9.36 Å². The predicted molar refractivity (Wildman–Crippen MR) is 76.5 cm³/mol. The van der Waals surface area contributed by atoms with Gasteiger partial charge in [0.25, 0.3) is 0 Å². The van der Waals surface area contributed by atoms with E-state index in [1.54, 1.807) is 19.9 Å². The van der Waals surface area contributed by atoms with Crippen LogP contribution in [0.4, 0.5) is 0 Å². The van der Waals surface area contributed by atoms with E-state index in [0.717, 1.165) is 0 Å². The van der Waals surface area contributed by atoms with Crippen molar-refractivity contribution in [1.82, 2.24) is 0 Å². The summed E-state index contributed by atoms with van der Waals surface area (Å²) in [6.45, 7) is 3.79. The largest absolute Gasteiger partial charge is 0.338 e. The second kappa shape index (κ2) is 7.41. The molecule has 0 heterocycles. The van der Waals surface area contributed by atoms with E-state index in [2.05, 4.69) is 0 Å². The average molecular weight is 325 g/mol. The minimum Gasteiger partial charge on any atom is -0.309 e. The van der Waals surface area contributed by atoms with Crippen LogP contribution in [0.1, 0.15) is 24.2 Å². The van der Waals surface area contributed by atoms with Crippen LogP contribution in [0.3, 0.4) is 0 Å². The molecule has 1 aromatic carbocycles. The highest BCUT2D eigenvalue weighted by atomic mass is 35.5. The molecule has 106 valence electrons. The van der Waals surface area contributed by atoms with Crippen molar-refractivity contribution in [3.8, 4) is 0 Å². The summed E-state index contributed by atoms with van der Waals surface area (Å²) in [7, 11) is -3.41. The summed E-state index contributed by atoms with van der Waals surface area (Å²) >= 11 is 11.7. The maximum absolute atomic E-state index is 12.2. The van der Waals surface area contributed by atoms with Crippen LogP contribution in [-0.2, 0) is 13.6 Å². The molecule has 1 aromatic rings. The summed E-state index contributed by atoms with van der Waals surface area (Å²) in [6.07, 6.45) is -0.337. The highest BCUT2D eigenvalue weighted by Gasteiger charge is 2.28. The lowest BCUT2D eigenvalue weighted by Crippen LogP contribution is -2.10. The zero-order chi connectivity index (χ0) is 14.5. The van der Waals surface area contributed by atoms with E-state index in [1.165, 1.54) is 12.1 Å². The van der Waals surface area contributed by atoms with Gasteiger partial charge >= 0.3 is 7.60 Å². The molecule has 0 aliphatic carbocycles. The highest BCUT2D eigenvalue weighted by Crippen LogP contribution is 2.48. The van der Waals surface area contributed by atoms with Gasteiger partial charge < -0.3 is 9.05 Å². The minimum absolute atomic E-state index is 0.207. The van der Waals surface area contributed by atoms with Crippen molar-refractivity contribution in [1.29, 1.82) is 0 Å². The van der Waals surface area contributed by atoms with Crippen molar-refractivity contribution in [2.75, 3.05) is 19.4 Å². The van der Waals surface area contributed by atoms with Gasteiger partial charge in [0, 0.05) is 10.6 Å². The van der Waals surface area contributed by atoms with Gasteiger partial charge in [-0.25, -0.2) is 0 Å². The van der Waals surface area contributed by atoms with Crippen LogP contribution < -0.4 is 0 Å². The maximum atomic E-state index is 12.2. The van der Waals surface area contributed by atoms with Gasteiger partial charge in [-0.05, 0) is 32.0 Å².